The van der Waals surface area contributed by atoms with Crippen LogP contribution in [0.4, 0.5) is 0 Å². The Bertz CT molecular complexity index is 1100. The Morgan fingerprint density at radius 1 is 0.917 bits per heavy atom. The summed E-state index contributed by atoms with van der Waals surface area (Å²) in [5.74, 6) is 6.27. The molecule has 1 unspecified atom stereocenters. The monoisotopic (exact) mass is 610 g/mol. The quantitative estimate of drug-likeness (QED) is 0.282. The summed E-state index contributed by atoms with van der Waals surface area (Å²) < 4.78 is 2.47. The second-order valence-corrected chi connectivity index (χ2v) is 18.2. The van der Waals surface area contributed by atoms with Crippen LogP contribution in [0.15, 0.2) is 70.3 Å². The molecule has 36 heavy (non-hydrogen) atoms. The molecule has 4 fully saturated rings. The summed E-state index contributed by atoms with van der Waals surface area (Å²) in [6.07, 6.45) is 5.50. The molecular weight excluding hydrogens is 567 g/mol. The van der Waals surface area contributed by atoms with Gasteiger partial charge in [-0.15, -0.1) is 0 Å². The van der Waals surface area contributed by atoms with Crippen LogP contribution in [0.3, 0.4) is 0 Å². The van der Waals surface area contributed by atoms with Crippen LogP contribution in [-0.4, -0.2) is 13.1 Å². The van der Waals surface area contributed by atoms with Crippen LogP contribution < -0.4 is 10.4 Å². The minimum absolute atomic E-state index is 0.218. The van der Waals surface area contributed by atoms with E-state index < -0.39 is 8.32 Å². The molecule has 0 radical (unpaired) electrons. The molecule has 0 saturated heterocycles. The van der Waals surface area contributed by atoms with E-state index in [0.717, 1.165) is 45.9 Å². The molecule has 0 spiro atoms. The molecule has 1 N–H and O–H groups in total. The van der Waals surface area contributed by atoms with Gasteiger partial charge in [-0.1, -0.05) is 136 Å². The van der Waals surface area contributed by atoms with Crippen molar-refractivity contribution in [2.45, 2.75) is 65.3 Å². The Hall–Kier alpha value is -0.913. The van der Waals surface area contributed by atoms with Gasteiger partial charge in [-0.05, 0) is 85.1 Å². The highest BCUT2D eigenvalue weighted by Crippen LogP contribution is 2.78. The van der Waals surface area contributed by atoms with Crippen LogP contribution in [0.5, 0.6) is 0 Å². The van der Waals surface area contributed by atoms with Gasteiger partial charge in [0, 0.05) is 0 Å². The Morgan fingerprint density at radius 3 is 1.97 bits per heavy atom. The molecule has 9 atom stereocenters. The lowest BCUT2D eigenvalue weighted by Crippen LogP contribution is -2.67. The van der Waals surface area contributed by atoms with Crippen molar-refractivity contribution in [3.8, 4) is 0 Å². The molecule has 6 rings (SSSR count). The van der Waals surface area contributed by atoms with E-state index in [0.29, 0.717) is 17.3 Å². The number of rotatable bonds is 4. The predicted octanol–water partition coefficient (Wildman–Crippen LogP) is 7.43. The summed E-state index contributed by atoms with van der Waals surface area (Å²) >= 11 is 2.56. The topological polar surface area (TPSA) is 20.2 Å². The first-order chi connectivity index (χ1) is 17.2. The van der Waals surface area contributed by atoms with Gasteiger partial charge in [0.25, 0.3) is 8.32 Å². The molecule has 0 bridgehead atoms. The summed E-state index contributed by atoms with van der Waals surface area (Å²) in [4.78, 5) is 13.1. The molecule has 1 nitrogen and oxygen atoms in total. The van der Waals surface area contributed by atoms with Crippen LogP contribution in [0.2, 0.25) is 5.04 Å². The molecule has 0 amide bonds. The zero-order valence-electron chi connectivity index (χ0n) is 22.6. The van der Waals surface area contributed by atoms with E-state index in [9.17, 15) is 4.80 Å². The fourth-order valence-corrected chi connectivity index (χ4v) is 14.8. The molecular formula is C33H43IOSi. The van der Waals surface area contributed by atoms with Crippen molar-refractivity contribution in [2.24, 2.45) is 52.8 Å². The zero-order valence-corrected chi connectivity index (χ0v) is 25.8. The van der Waals surface area contributed by atoms with Crippen LogP contribution in [-0.2, 0) is 0 Å². The van der Waals surface area contributed by atoms with Gasteiger partial charge in [-0.25, -0.2) is 0 Å². The highest BCUT2D eigenvalue weighted by molar-refractivity contribution is 14.1. The molecule has 4 aliphatic rings. The van der Waals surface area contributed by atoms with Crippen LogP contribution >= 0.6 is 22.6 Å². The molecule has 2 aromatic carbocycles. The minimum atomic E-state index is -3.07. The van der Waals surface area contributed by atoms with Crippen molar-refractivity contribution in [3.63, 3.8) is 0 Å². The average molecular weight is 611 g/mol. The van der Waals surface area contributed by atoms with Crippen molar-refractivity contribution in [1.82, 2.24) is 0 Å². The fourth-order valence-electron chi connectivity index (χ4n) is 10.0. The number of halogens is 1. The maximum atomic E-state index is 13.1. The van der Waals surface area contributed by atoms with E-state index in [1.165, 1.54) is 25.7 Å². The maximum Gasteiger partial charge on any atom is 0.258 e. The highest BCUT2D eigenvalue weighted by atomic mass is 127. The first kappa shape index (κ1) is 25.4. The second-order valence-electron chi connectivity index (χ2n) is 13.7. The van der Waals surface area contributed by atoms with Crippen molar-refractivity contribution >= 4 is 41.3 Å². The SMILES string of the molecule is C[C@H]1CC[C@H](C)[C@H]2[C@@H]1[C@@H]1CC(C(C)(C)[Si](O)(c3ccccc3)c3ccccc3)/C(=C\I)[C@@H]1[C@]1(C)C[C@H]21. The molecule has 3 heteroatoms. The first-order valence-corrected chi connectivity index (χ1v) is 17.5. The van der Waals surface area contributed by atoms with Gasteiger partial charge in [0.2, 0.25) is 0 Å². The Labute approximate surface area is 233 Å². The highest BCUT2D eigenvalue weighted by Gasteiger charge is 2.72. The van der Waals surface area contributed by atoms with Crippen LogP contribution in [0.1, 0.15) is 60.3 Å². The van der Waals surface area contributed by atoms with E-state index in [1.807, 2.05) is 0 Å². The summed E-state index contributed by atoms with van der Waals surface area (Å²) in [7, 11) is -3.07. The van der Waals surface area contributed by atoms with Crippen LogP contribution in [0.25, 0.3) is 0 Å². The summed E-state index contributed by atoms with van der Waals surface area (Å²) in [6.45, 7) is 12.6. The number of hydrogen-bond donors (Lipinski definition) is 1. The van der Waals surface area contributed by atoms with Gasteiger partial charge >= 0.3 is 0 Å². The van der Waals surface area contributed by atoms with Crippen molar-refractivity contribution in [3.05, 3.63) is 70.3 Å². The van der Waals surface area contributed by atoms with E-state index in [-0.39, 0.29) is 5.04 Å². The van der Waals surface area contributed by atoms with E-state index in [1.54, 1.807) is 5.57 Å². The van der Waals surface area contributed by atoms with Gasteiger partial charge in [0.1, 0.15) is 0 Å². The Kier molecular flexibility index (Phi) is 6.21. The zero-order chi connectivity index (χ0) is 25.5. The number of benzene rings is 2. The molecule has 0 heterocycles. The third-order valence-electron chi connectivity index (χ3n) is 11.9. The third kappa shape index (κ3) is 3.40. The number of fused-ring (bicyclic) bond motifs is 6. The molecule has 0 aliphatic heterocycles. The third-order valence-corrected chi connectivity index (χ3v) is 17.1. The number of hydrogen-bond acceptors (Lipinski definition) is 1. The normalized spacial score (nSPS) is 40.9. The van der Waals surface area contributed by atoms with Crippen molar-refractivity contribution in [2.75, 3.05) is 0 Å². The van der Waals surface area contributed by atoms with Gasteiger partial charge < -0.3 is 4.80 Å². The van der Waals surface area contributed by atoms with E-state index >= 15 is 0 Å². The Balaban J connectivity index is 1.47. The maximum absolute atomic E-state index is 13.1. The average Bonchev–Trinajstić information content (AvgIpc) is 3.42. The molecule has 2 aromatic rings. The second kappa shape index (κ2) is 8.81. The summed E-state index contributed by atoms with van der Waals surface area (Å²) in [5.41, 5.74) is 2.15. The lowest BCUT2D eigenvalue weighted by molar-refractivity contribution is -0.0256. The molecule has 4 saturated carbocycles. The van der Waals surface area contributed by atoms with E-state index in [4.69, 9.17) is 0 Å². The molecule has 0 aromatic heterocycles. The minimum Gasteiger partial charge on any atom is -0.424 e. The molecule has 192 valence electrons. The Morgan fingerprint density at radius 2 is 1.44 bits per heavy atom. The smallest absolute Gasteiger partial charge is 0.258 e. The van der Waals surface area contributed by atoms with Gasteiger partial charge in [-0.3, -0.25) is 0 Å². The summed E-state index contributed by atoms with van der Waals surface area (Å²) in [6, 6.07) is 21.4. The fraction of sp³-hybridized carbons (Fsp3) is 0.576. The molecule has 4 aliphatic carbocycles. The predicted molar refractivity (Wildman–Crippen MR) is 162 cm³/mol. The summed E-state index contributed by atoms with van der Waals surface area (Å²) in [5, 5.41) is 2.08. The van der Waals surface area contributed by atoms with Gasteiger partial charge in [-0.2, -0.15) is 0 Å². The largest absolute Gasteiger partial charge is 0.424 e. The standard InChI is InChI=1S/C33H43IOSi/c1-21-16-17-22(2)30-28-19-33(28,5)31-25(29(21)30)18-27(26(31)20-34)32(3,4)36(35,23-12-8-6-9-13-23)24-14-10-7-11-15-24/h6-15,20-22,25,27-31,35H,16-19H2,1-5H3/b26-20+/t21-,22-,25-,27?,28+,29-,30+,31+,33+/m0/s1. The number of allylic oxidation sites excluding steroid dienone is 1. The van der Waals surface area contributed by atoms with Gasteiger partial charge in [0.05, 0.1) is 0 Å². The lowest BCUT2D eigenvalue weighted by Gasteiger charge is -2.51. The van der Waals surface area contributed by atoms with Crippen molar-refractivity contribution in [1.29, 1.82) is 0 Å². The van der Waals surface area contributed by atoms with Crippen LogP contribution in [0, 0.1) is 52.8 Å². The first-order valence-electron chi connectivity index (χ1n) is 14.3. The van der Waals surface area contributed by atoms with Crippen molar-refractivity contribution < 1.29 is 4.80 Å². The van der Waals surface area contributed by atoms with E-state index in [2.05, 4.69) is 122 Å². The lowest BCUT2D eigenvalue weighted by atomic mass is 9.53. The van der Waals surface area contributed by atoms with Gasteiger partial charge in [0.15, 0.2) is 0 Å².